The molecular formula is C23H28N6S. The molecule has 0 unspecified atom stereocenters. The summed E-state index contributed by atoms with van der Waals surface area (Å²) >= 11 is 5.44. The molecule has 4 rings (SSSR count). The lowest BCUT2D eigenvalue weighted by Crippen LogP contribution is -2.14. The maximum absolute atomic E-state index is 5.44. The Labute approximate surface area is 181 Å². The van der Waals surface area contributed by atoms with Crippen LogP contribution in [0.2, 0.25) is 0 Å². The van der Waals surface area contributed by atoms with Crippen molar-refractivity contribution in [2.24, 2.45) is 0 Å². The summed E-state index contributed by atoms with van der Waals surface area (Å²) in [6.45, 7) is 7.82. The number of aryl methyl sites for hydroxylation is 1. The van der Waals surface area contributed by atoms with Crippen LogP contribution in [0.5, 0.6) is 0 Å². The summed E-state index contributed by atoms with van der Waals surface area (Å²) in [4.78, 5) is 12.2. The molecule has 0 atom stereocenters. The number of imidazole rings is 1. The van der Waals surface area contributed by atoms with E-state index in [0.29, 0.717) is 6.54 Å². The van der Waals surface area contributed by atoms with E-state index in [1.165, 1.54) is 24.0 Å². The largest absolute Gasteiger partial charge is 0.365 e. The zero-order valence-electron chi connectivity index (χ0n) is 17.5. The number of hydrogen-bond acceptors (Lipinski definition) is 5. The Balaban J connectivity index is 1.50. The van der Waals surface area contributed by atoms with Crippen LogP contribution >= 0.6 is 12.2 Å². The standard InChI is InChI=1S/C23H28N6S/c1-3-5-10-24-13-16-6-8-17(9-7-16)14-25-22-18-11-20-21(12-19(18)26-15-27-22)29(4-2)23(30)28-20/h6-9,11-12,15,24H,3-5,10,13-14H2,1-2H3,(H,28,30)(H,25,26,27). The van der Waals surface area contributed by atoms with Crippen LogP contribution in [0.15, 0.2) is 42.7 Å². The van der Waals surface area contributed by atoms with E-state index in [2.05, 4.69) is 80.4 Å². The number of fused-ring (bicyclic) bond motifs is 2. The van der Waals surface area contributed by atoms with Gasteiger partial charge >= 0.3 is 0 Å². The minimum Gasteiger partial charge on any atom is -0.365 e. The lowest BCUT2D eigenvalue weighted by molar-refractivity contribution is 0.641. The molecule has 6 nitrogen and oxygen atoms in total. The first-order chi connectivity index (χ1) is 14.7. The van der Waals surface area contributed by atoms with Crippen LogP contribution in [0.3, 0.4) is 0 Å². The lowest BCUT2D eigenvalue weighted by Gasteiger charge is -2.10. The van der Waals surface area contributed by atoms with E-state index in [-0.39, 0.29) is 0 Å². The molecule has 0 spiro atoms. The van der Waals surface area contributed by atoms with Crippen molar-refractivity contribution >= 4 is 40.0 Å². The van der Waals surface area contributed by atoms with Crippen LogP contribution < -0.4 is 10.6 Å². The lowest BCUT2D eigenvalue weighted by atomic mass is 10.1. The monoisotopic (exact) mass is 420 g/mol. The van der Waals surface area contributed by atoms with Gasteiger partial charge < -0.3 is 20.2 Å². The molecule has 3 N–H and O–H groups in total. The summed E-state index contributed by atoms with van der Waals surface area (Å²) < 4.78 is 2.81. The van der Waals surface area contributed by atoms with Gasteiger partial charge in [0.15, 0.2) is 4.77 Å². The minimum absolute atomic E-state index is 0.708. The van der Waals surface area contributed by atoms with Gasteiger partial charge in [-0.05, 0) is 55.4 Å². The van der Waals surface area contributed by atoms with Gasteiger partial charge in [0.2, 0.25) is 0 Å². The van der Waals surface area contributed by atoms with E-state index in [1.54, 1.807) is 6.33 Å². The van der Waals surface area contributed by atoms with E-state index in [0.717, 1.165) is 52.2 Å². The van der Waals surface area contributed by atoms with Crippen molar-refractivity contribution in [3.8, 4) is 0 Å². The number of H-pyrrole nitrogens is 1. The van der Waals surface area contributed by atoms with E-state index in [4.69, 9.17) is 12.2 Å². The van der Waals surface area contributed by atoms with Gasteiger partial charge in [0.05, 0.1) is 16.6 Å². The molecule has 156 valence electrons. The predicted octanol–water partition coefficient (Wildman–Crippen LogP) is 5.16. The summed E-state index contributed by atoms with van der Waals surface area (Å²) in [5.41, 5.74) is 5.51. The number of aromatic amines is 1. The fourth-order valence-corrected chi connectivity index (χ4v) is 4.00. The maximum atomic E-state index is 5.44. The number of rotatable bonds is 9. The summed E-state index contributed by atoms with van der Waals surface area (Å²) in [6.07, 6.45) is 4.05. The van der Waals surface area contributed by atoms with Crippen molar-refractivity contribution in [3.63, 3.8) is 0 Å². The first-order valence-electron chi connectivity index (χ1n) is 10.6. The van der Waals surface area contributed by atoms with Gasteiger partial charge in [-0.25, -0.2) is 9.97 Å². The molecular weight excluding hydrogens is 392 g/mol. The molecule has 0 bridgehead atoms. The molecule has 0 saturated carbocycles. The number of benzene rings is 2. The predicted molar refractivity (Wildman–Crippen MR) is 126 cm³/mol. The van der Waals surface area contributed by atoms with Gasteiger partial charge in [-0.1, -0.05) is 37.6 Å². The molecule has 0 aliphatic carbocycles. The molecule has 0 fully saturated rings. The van der Waals surface area contributed by atoms with Crippen LogP contribution in [0.1, 0.15) is 37.8 Å². The Hall–Kier alpha value is -2.77. The summed E-state index contributed by atoms with van der Waals surface area (Å²) in [6, 6.07) is 12.9. The van der Waals surface area contributed by atoms with Crippen molar-refractivity contribution in [2.45, 2.75) is 46.3 Å². The highest BCUT2D eigenvalue weighted by atomic mass is 32.1. The molecule has 0 saturated heterocycles. The quantitative estimate of drug-likeness (QED) is 0.258. The highest BCUT2D eigenvalue weighted by Gasteiger charge is 2.09. The average Bonchev–Trinajstić information content (AvgIpc) is 3.08. The van der Waals surface area contributed by atoms with Crippen LogP contribution in [0.4, 0.5) is 5.82 Å². The Morgan fingerprint density at radius 3 is 2.53 bits per heavy atom. The zero-order valence-corrected chi connectivity index (χ0v) is 18.4. The van der Waals surface area contributed by atoms with Gasteiger partial charge in [-0.2, -0.15) is 0 Å². The number of hydrogen-bond donors (Lipinski definition) is 3. The van der Waals surface area contributed by atoms with Crippen molar-refractivity contribution in [3.05, 3.63) is 58.6 Å². The van der Waals surface area contributed by atoms with Crippen molar-refractivity contribution in [2.75, 3.05) is 11.9 Å². The second-order valence-corrected chi connectivity index (χ2v) is 7.87. The summed E-state index contributed by atoms with van der Waals surface area (Å²) in [5.74, 6) is 0.829. The number of anilines is 1. The van der Waals surface area contributed by atoms with Crippen LogP contribution in [-0.4, -0.2) is 26.1 Å². The van der Waals surface area contributed by atoms with E-state index >= 15 is 0 Å². The summed E-state index contributed by atoms with van der Waals surface area (Å²) in [5, 5.41) is 7.94. The fourth-order valence-electron chi connectivity index (χ4n) is 3.66. The molecule has 0 aliphatic heterocycles. The molecule has 2 aromatic carbocycles. The highest BCUT2D eigenvalue weighted by Crippen LogP contribution is 2.26. The highest BCUT2D eigenvalue weighted by molar-refractivity contribution is 7.71. The minimum atomic E-state index is 0.708. The summed E-state index contributed by atoms with van der Waals surface area (Å²) in [7, 11) is 0. The molecule has 0 aliphatic rings. The van der Waals surface area contributed by atoms with E-state index < -0.39 is 0 Å². The van der Waals surface area contributed by atoms with Gasteiger partial charge in [-0.3, -0.25) is 0 Å². The molecule has 30 heavy (non-hydrogen) atoms. The third-order valence-corrected chi connectivity index (χ3v) is 5.69. The third kappa shape index (κ3) is 4.37. The maximum Gasteiger partial charge on any atom is 0.178 e. The molecule has 0 amide bonds. The van der Waals surface area contributed by atoms with Crippen molar-refractivity contribution in [1.29, 1.82) is 0 Å². The molecule has 4 aromatic rings. The smallest absolute Gasteiger partial charge is 0.178 e. The van der Waals surface area contributed by atoms with Crippen LogP contribution in [0, 0.1) is 4.77 Å². The SMILES string of the molecule is CCCCNCc1ccc(CNc2ncnc3cc4c(cc23)[nH]c(=S)n4CC)cc1. The van der Waals surface area contributed by atoms with Crippen LogP contribution in [-0.2, 0) is 19.6 Å². The Morgan fingerprint density at radius 2 is 1.80 bits per heavy atom. The first kappa shape index (κ1) is 20.5. The van der Waals surface area contributed by atoms with Crippen molar-refractivity contribution < 1.29 is 0 Å². The van der Waals surface area contributed by atoms with Gasteiger partial charge in [0.1, 0.15) is 12.1 Å². The zero-order chi connectivity index (χ0) is 20.9. The Bertz CT molecular complexity index is 1190. The number of aromatic nitrogens is 4. The normalized spacial score (nSPS) is 11.4. The Morgan fingerprint density at radius 1 is 1.03 bits per heavy atom. The molecule has 7 heteroatoms. The van der Waals surface area contributed by atoms with E-state index in [9.17, 15) is 0 Å². The second kappa shape index (κ2) is 9.36. The number of nitrogens with zero attached hydrogens (tertiary/aromatic N) is 3. The molecule has 2 heterocycles. The number of unbranched alkanes of at least 4 members (excludes halogenated alkanes) is 1. The molecule has 2 aromatic heterocycles. The Kier molecular flexibility index (Phi) is 6.40. The van der Waals surface area contributed by atoms with Gasteiger partial charge in [0.25, 0.3) is 0 Å². The first-order valence-corrected chi connectivity index (χ1v) is 11.0. The van der Waals surface area contributed by atoms with Crippen molar-refractivity contribution in [1.82, 2.24) is 24.8 Å². The van der Waals surface area contributed by atoms with Crippen LogP contribution in [0.25, 0.3) is 21.9 Å². The molecule has 0 radical (unpaired) electrons. The van der Waals surface area contributed by atoms with Gasteiger partial charge in [-0.15, -0.1) is 0 Å². The third-order valence-electron chi connectivity index (χ3n) is 5.37. The number of nitrogens with one attached hydrogen (secondary N) is 3. The average molecular weight is 421 g/mol. The van der Waals surface area contributed by atoms with Gasteiger partial charge in [0, 0.05) is 25.0 Å². The fraction of sp³-hybridized carbons (Fsp3) is 0.348. The topological polar surface area (TPSA) is 70.6 Å². The van der Waals surface area contributed by atoms with E-state index in [1.807, 2.05) is 0 Å². The second-order valence-electron chi connectivity index (χ2n) is 7.48.